The fourth-order valence-corrected chi connectivity index (χ4v) is 4.82. The van der Waals surface area contributed by atoms with E-state index in [9.17, 15) is 14.3 Å². The molecule has 0 spiro atoms. The summed E-state index contributed by atoms with van der Waals surface area (Å²) in [7, 11) is 0. The summed E-state index contributed by atoms with van der Waals surface area (Å²) in [6, 6.07) is 13.1. The van der Waals surface area contributed by atoms with E-state index >= 15 is 0 Å². The summed E-state index contributed by atoms with van der Waals surface area (Å²) in [5.41, 5.74) is 1.48. The molecule has 1 fully saturated rings. The van der Waals surface area contributed by atoms with Gasteiger partial charge in [0.2, 0.25) is 0 Å². The maximum atomic E-state index is 13.1. The number of aryl methyl sites for hydroxylation is 1. The summed E-state index contributed by atoms with van der Waals surface area (Å²) in [6.45, 7) is 3.89. The molecule has 1 amide bonds. The molecule has 0 bridgehead atoms. The van der Waals surface area contributed by atoms with E-state index in [4.69, 9.17) is 21.1 Å². The molecule has 1 aliphatic heterocycles. The van der Waals surface area contributed by atoms with Gasteiger partial charge in [0, 0.05) is 19.6 Å². The Morgan fingerprint density at radius 2 is 2.09 bits per heavy atom. The average molecular weight is 505 g/mol. The minimum Gasteiger partial charge on any atom is -0.489 e. The van der Waals surface area contributed by atoms with Crippen LogP contribution >= 0.6 is 22.9 Å². The first-order chi connectivity index (χ1) is 16.4. The van der Waals surface area contributed by atoms with Crippen molar-refractivity contribution >= 4 is 34.5 Å². The second-order valence-electron chi connectivity index (χ2n) is 8.26. The normalized spacial score (nSPS) is 16.9. The van der Waals surface area contributed by atoms with Crippen LogP contribution in [0, 0.1) is 12.7 Å². The van der Waals surface area contributed by atoms with Crippen LogP contribution < -0.4 is 14.8 Å². The van der Waals surface area contributed by atoms with Gasteiger partial charge in [0.25, 0.3) is 5.91 Å². The van der Waals surface area contributed by atoms with Crippen LogP contribution in [-0.4, -0.2) is 54.4 Å². The summed E-state index contributed by atoms with van der Waals surface area (Å²) in [5, 5.41) is 15.6. The topological polar surface area (TPSA) is 71.0 Å². The van der Waals surface area contributed by atoms with Crippen molar-refractivity contribution in [1.82, 2.24) is 4.90 Å². The van der Waals surface area contributed by atoms with Crippen LogP contribution in [0.15, 0.2) is 53.9 Å². The van der Waals surface area contributed by atoms with Gasteiger partial charge in [-0.05, 0) is 66.8 Å². The molecule has 3 aromatic rings. The summed E-state index contributed by atoms with van der Waals surface area (Å²) in [4.78, 5) is 15.1. The molecular formula is C25H26ClFN2O4S. The number of β-amino-alcohol motifs (C(OH)–C–C–N with tert-alkyl or cyclic N) is 1. The Hall–Kier alpha value is -2.65. The average Bonchev–Trinajstić information content (AvgIpc) is 3.44. The Balaban J connectivity index is 1.28. The van der Waals surface area contributed by atoms with Crippen LogP contribution in [0.5, 0.6) is 11.5 Å². The number of aliphatic hydroxyl groups is 1. The minimum absolute atomic E-state index is 0.0127. The Labute approximate surface area is 206 Å². The van der Waals surface area contributed by atoms with E-state index in [-0.39, 0.29) is 24.4 Å². The first kappa shape index (κ1) is 24.5. The van der Waals surface area contributed by atoms with E-state index in [2.05, 4.69) is 10.2 Å². The van der Waals surface area contributed by atoms with Crippen LogP contribution in [0.25, 0.3) is 0 Å². The lowest BCUT2D eigenvalue weighted by atomic mass is 10.2. The largest absolute Gasteiger partial charge is 0.489 e. The zero-order chi connectivity index (χ0) is 24.1. The zero-order valence-corrected chi connectivity index (χ0v) is 20.2. The van der Waals surface area contributed by atoms with E-state index in [1.807, 2.05) is 19.1 Å². The molecule has 0 saturated carbocycles. The van der Waals surface area contributed by atoms with Crippen LogP contribution in [0.1, 0.15) is 21.7 Å². The number of aliphatic hydroxyl groups excluding tert-OH is 1. The number of thiophene rings is 1. The van der Waals surface area contributed by atoms with Gasteiger partial charge in [-0.2, -0.15) is 0 Å². The van der Waals surface area contributed by atoms with Crippen LogP contribution in [-0.2, 0) is 0 Å². The number of nitrogens with zero attached hydrogens (tertiary/aromatic N) is 1. The number of rotatable bonds is 9. The molecule has 6 nitrogen and oxygen atoms in total. The molecular weight excluding hydrogens is 479 g/mol. The molecule has 2 heterocycles. The Kier molecular flexibility index (Phi) is 8.05. The fraction of sp³-hybridized carbons (Fsp3) is 0.320. The first-order valence-electron chi connectivity index (χ1n) is 11.0. The van der Waals surface area contributed by atoms with Gasteiger partial charge < -0.3 is 19.9 Å². The second-order valence-corrected chi connectivity index (χ2v) is 9.58. The number of carbonyl (C=O) groups is 1. The van der Waals surface area contributed by atoms with Crippen molar-refractivity contribution in [3.63, 3.8) is 0 Å². The third-order valence-electron chi connectivity index (χ3n) is 5.45. The zero-order valence-electron chi connectivity index (χ0n) is 18.7. The van der Waals surface area contributed by atoms with E-state index < -0.39 is 6.10 Å². The summed E-state index contributed by atoms with van der Waals surface area (Å²) in [5.74, 6) is 0.516. The lowest BCUT2D eigenvalue weighted by Gasteiger charge is -2.21. The highest BCUT2D eigenvalue weighted by Crippen LogP contribution is 2.29. The number of anilines is 1. The molecule has 180 valence electrons. The van der Waals surface area contributed by atoms with Gasteiger partial charge in [0.15, 0.2) is 0 Å². The standard InChI is InChI=1S/C25H26ClFN2O4S/c1-16-2-7-22(28-25(31)24-21(26)9-11-34-24)23(12-16)32-15-18(30)13-29-10-8-20(14-29)33-19-5-3-17(27)4-6-19/h2-7,9,11-12,18,20,30H,8,10,13-15H2,1H3,(H,28,31). The lowest BCUT2D eigenvalue weighted by Crippen LogP contribution is -2.35. The van der Waals surface area contributed by atoms with Gasteiger partial charge in [0.1, 0.15) is 41.0 Å². The maximum absolute atomic E-state index is 13.1. The van der Waals surface area contributed by atoms with Gasteiger partial charge in [-0.1, -0.05) is 17.7 Å². The number of hydrogen-bond acceptors (Lipinski definition) is 6. The van der Waals surface area contributed by atoms with Crippen molar-refractivity contribution in [1.29, 1.82) is 0 Å². The van der Waals surface area contributed by atoms with Crippen molar-refractivity contribution in [3.05, 3.63) is 75.2 Å². The molecule has 4 rings (SSSR count). The molecule has 9 heteroatoms. The highest BCUT2D eigenvalue weighted by atomic mass is 35.5. The number of amides is 1. The van der Waals surface area contributed by atoms with Crippen LogP contribution in [0.2, 0.25) is 5.02 Å². The molecule has 0 aliphatic carbocycles. The first-order valence-corrected chi connectivity index (χ1v) is 12.2. The van der Waals surface area contributed by atoms with E-state index in [1.165, 1.54) is 23.5 Å². The maximum Gasteiger partial charge on any atom is 0.267 e. The number of likely N-dealkylation sites (tertiary alicyclic amines) is 1. The van der Waals surface area contributed by atoms with E-state index in [0.717, 1.165) is 18.5 Å². The Bertz CT molecular complexity index is 1120. The SMILES string of the molecule is Cc1ccc(NC(=O)c2sccc2Cl)c(OCC(O)CN2CCC(Oc3ccc(F)cc3)C2)c1. The van der Waals surface area contributed by atoms with Gasteiger partial charge in [-0.25, -0.2) is 4.39 Å². The molecule has 34 heavy (non-hydrogen) atoms. The molecule has 2 N–H and O–H groups in total. The molecule has 2 unspecified atom stereocenters. The predicted octanol–water partition coefficient (Wildman–Crippen LogP) is 4.99. The smallest absolute Gasteiger partial charge is 0.267 e. The molecule has 0 radical (unpaired) electrons. The van der Waals surface area contributed by atoms with Crippen molar-refractivity contribution in [2.45, 2.75) is 25.6 Å². The van der Waals surface area contributed by atoms with Gasteiger partial charge >= 0.3 is 0 Å². The summed E-state index contributed by atoms with van der Waals surface area (Å²) < 4.78 is 24.9. The van der Waals surface area contributed by atoms with Crippen molar-refractivity contribution in [3.8, 4) is 11.5 Å². The molecule has 1 aliphatic rings. The van der Waals surface area contributed by atoms with Gasteiger partial charge in [0.05, 0.1) is 10.7 Å². The highest BCUT2D eigenvalue weighted by molar-refractivity contribution is 7.12. The van der Waals surface area contributed by atoms with Crippen molar-refractivity contribution in [2.75, 3.05) is 31.6 Å². The van der Waals surface area contributed by atoms with Crippen LogP contribution in [0.4, 0.5) is 10.1 Å². The number of halogens is 2. The van der Waals surface area contributed by atoms with Gasteiger partial charge in [-0.3, -0.25) is 9.69 Å². The minimum atomic E-state index is -0.722. The predicted molar refractivity (Wildman–Crippen MR) is 132 cm³/mol. The highest BCUT2D eigenvalue weighted by Gasteiger charge is 2.26. The second kappa shape index (κ2) is 11.2. The van der Waals surface area contributed by atoms with E-state index in [0.29, 0.717) is 40.2 Å². The number of ether oxygens (including phenoxy) is 2. The van der Waals surface area contributed by atoms with E-state index in [1.54, 1.807) is 29.6 Å². The lowest BCUT2D eigenvalue weighted by molar-refractivity contribution is 0.0722. The molecule has 2 atom stereocenters. The number of hydrogen-bond donors (Lipinski definition) is 2. The number of nitrogens with one attached hydrogen (secondary N) is 1. The molecule has 1 aromatic heterocycles. The van der Waals surface area contributed by atoms with Gasteiger partial charge in [-0.15, -0.1) is 11.3 Å². The third kappa shape index (κ3) is 6.48. The Morgan fingerprint density at radius 3 is 2.82 bits per heavy atom. The third-order valence-corrected chi connectivity index (χ3v) is 6.79. The number of benzene rings is 2. The van der Waals surface area contributed by atoms with Crippen molar-refractivity contribution in [2.24, 2.45) is 0 Å². The summed E-state index contributed by atoms with van der Waals surface area (Å²) >= 11 is 7.33. The molecule has 2 aromatic carbocycles. The quantitative estimate of drug-likeness (QED) is 0.429. The van der Waals surface area contributed by atoms with Crippen LogP contribution in [0.3, 0.4) is 0 Å². The number of carbonyl (C=O) groups excluding carboxylic acids is 1. The summed E-state index contributed by atoms with van der Waals surface area (Å²) in [6.07, 6.45) is 0.0891. The molecule has 1 saturated heterocycles. The monoisotopic (exact) mass is 504 g/mol. The van der Waals surface area contributed by atoms with Crippen molar-refractivity contribution < 1.29 is 23.8 Å². The fourth-order valence-electron chi connectivity index (χ4n) is 3.79. The Morgan fingerprint density at radius 1 is 1.29 bits per heavy atom.